The minimum absolute atomic E-state index is 0.0814. The zero-order valence-electron chi connectivity index (χ0n) is 15.1. The number of hydrogen-bond acceptors (Lipinski definition) is 4. The summed E-state index contributed by atoms with van der Waals surface area (Å²) in [5.41, 5.74) is 0.287. The van der Waals surface area contributed by atoms with E-state index in [2.05, 4.69) is 5.32 Å². The maximum Gasteiger partial charge on any atom is 0.244 e. The van der Waals surface area contributed by atoms with Crippen LogP contribution in [0.2, 0.25) is 0 Å². The lowest BCUT2D eigenvalue weighted by molar-refractivity contribution is -0.143. The number of likely N-dealkylation sites (tertiary alicyclic amines) is 1. The number of carbonyl (C=O) groups is 3. The van der Waals surface area contributed by atoms with Gasteiger partial charge in [-0.1, -0.05) is 12.1 Å². The number of hydrogen-bond donors (Lipinski definition) is 1. The summed E-state index contributed by atoms with van der Waals surface area (Å²) >= 11 is 0. The van der Waals surface area contributed by atoms with Crippen molar-refractivity contribution in [2.45, 2.75) is 31.7 Å². The standard InChI is InChI=1S/C19H24FN3O3/c1-22(2)17(13-4-3-5-14(20)10-13)18(26)23-8-6-19(7-9-23)11-15(24)21-16(25)12-19/h3-5,10,17H,6-9,11-12H2,1-2H3,(H,21,24,25). The van der Waals surface area contributed by atoms with Crippen LogP contribution >= 0.6 is 0 Å². The summed E-state index contributed by atoms with van der Waals surface area (Å²) in [6.07, 6.45) is 1.92. The second-order valence-electron chi connectivity index (χ2n) is 7.57. The Balaban J connectivity index is 1.72. The number of nitrogens with one attached hydrogen (secondary N) is 1. The van der Waals surface area contributed by atoms with Crippen LogP contribution in [0.15, 0.2) is 24.3 Å². The fourth-order valence-corrected chi connectivity index (χ4v) is 4.05. The molecule has 0 saturated carbocycles. The highest BCUT2D eigenvalue weighted by Gasteiger charge is 2.43. The van der Waals surface area contributed by atoms with Crippen LogP contribution in [0.3, 0.4) is 0 Å². The SMILES string of the molecule is CN(C)C(C(=O)N1CCC2(CC1)CC(=O)NC(=O)C2)c1cccc(F)c1. The van der Waals surface area contributed by atoms with Crippen LogP contribution in [0.25, 0.3) is 0 Å². The molecule has 0 radical (unpaired) electrons. The molecule has 0 aromatic heterocycles. The topological polar surface area (TPSA) is 69.7 Å². The van der Waals surface area contributed by atoms with Crippen molar-refractivity contribution in [3.8, 4) is 0 Å². The Morgan fingerprint density at radius 2 is 1.81 bits per heavy atom. The quantitative estimate of drug-likeness (QED) is 0.828. The van der Waals surface area contributed by atoms with Crippen LogP contribution in [0, 0.1) is 11.2 Å². The van der Waals surface area contributed by atoms with Gasteiger partial charge in [0.15, 0.2) is 0 Å². The Kier molecular flexibility index (Phi) is 5.09. The number of carbonyl (C=O) groups excluding carboxylic acids is 3. The van der Waals surface area contributed by atoms with Crippen molar-refractivity contribution in [3.05, 3.63) is 35.6 Å². The van der Waals surface area contributed by atoms with Crippen LogP contribution in [0.5, 0.6) is 0 Å². The van der Waals surface area contributed by atoms with Gasteiger partial charge in [-0.3, -0.25) is 24.6 Å². The van der Waals surface area contributed by atoms with Gasteiger partial charge in [-0.15, -0.1) is 0 Å². The number of halogens is 1. The normalized spacial score (nSPS) is 21.0. The fourth-order valence-electron chi connectivity index (χ4n) is 4.05. The van der Waals surface area contributed by atoms with Gasteiger partial charge in [0.1, 0.15) is 11.9 Å². The molecule has 1 spiro atoms. The van der Waals surface area contributed by atoms with Gasteiger partial charge < -0.3 is 4.90 Å². The molecule has 26 heavy (non-hydrogen) atoms. The summed E-state index contributed by atoms with van der Waals surface area (Å²) in [5.74, 6) is -0.910. The summed E-state index contributed by atoms with van der Waals surface area (Å²) < 4.78 is 13.6. The van der Waals surface area contributed by atoms with E-state index in [0.717, 1.165) is 0 Å². The highest BCUT2D eigenvalue weighted by Crippen LogP contribution is 2.40. The van der Waals surface area contributed by atoms with Crippen molar-refractivity contribution in [2.24, 2.45) is 5.41 Å². The van der Waals surface area contributed by atoms with Gasteiger partial charge in [0.25, 0.3) is 0 Å². The van der Waals surface area contributed by atoms with Crippen molar-refractivity contribution >= 4 is 17.7 Å². The van der Waals surface area contributed by atoms with Gasteiger partial charge in [0.2, 0.25) is 17.7 Å². The predicted octanol–water partition coefficient (Wildman–Crippen LogP) is 1.47. The molecule has 1 atom stereocenters. The van der Waals surface area contributed by atoms with E-state index >= 15 is 0 Å². The van der Waals surface area contributed by atoms with Crippen molar-refractivity contribution in [2.75, 3.05) is 27.2 Å². The fraction of sp³-hybridized carbons (Fsp3) is 0.526. The molecule has 1 N–H and O–H groups in total. The first kappa shape index (κ1) is 18.5. The van der Waals surface area contributed by atoms with Crippen molar-refractivity contribution in [3.63, 3.8) is 0 Å². The highest BCUT2D eigenvalue weighted by atomic mass is 19.1. The molecular formula is C19H24FN3O3. The van der Waals surface area contributed by atoms with Crippen LogP contribution in [-0.4, -0.2) is 54.7 Å². The Bertz CT molecular complexity index is 708. The number of rotatable bonds is 3. The van der Waals surface area contributed by atoms with E-state index in [-0.39, 0.29) is 29.0 Å². The first-order valence-electron chi connectivity index (χ1n) is 8.83. The number of nitrogens with zero attached hydrogens (tertiary/aromatic N) is 2. The summed E-state index contributed by atoms with van der Waals surface area (Å²) in [6, 6.07) is 5.54. The largest absolute Gasteiger partial charge is 0.341 e. The minimum atomic E-state index is -0.559. The van der Waals surface area contributed by atoms with Crippen LogP contribution in [-0.2, 0) is 14.4 Å². The van der Waals surface area contributed by atoms with Crippen LogP contribution < -0.4 is 5.32 Å². The molecule has 3 rings (SSSR count). The summed E-state index contributed by atoms with van der Waals surface area (Å²) in [4.78, 5) is 40.0. The number of amides is 3. The second kappa shape index (κ2) is 7.15. The number of likely N-dealkylation sites (N-methyl/N-ethyl adjacent to an activating group) is 1. The number of benzene rings is 1. The Morgan fingerprint density at radius 1 is 1.19 bits per heavy atom. The lowest BCUT2D eigenvalue weighted by atomic mass is 9.71. The van der Waals surface area contributed by atoms with E-state index in [1.165, 1.54) is 12.1 Å². The number of imide groups is 1. The first-order valence-corrected chi connectivity index (χ1v) is 8.83. The molecule has 2 saturated heterocycles. The number of piperidine rings is 2. The van der Waals surface area contributed by atoms with E-state index in [4.69, 9.17) is 0 Å². The van der Waals surface area contributed by atoms with E-state index < -0.39 is 6.04 Å². The zero-order valence-corrected chi connectivity index (χ0v) is 15.1. The van der Waals surface area contributed by atoms with Gasteiger partial charge in [0.05, 0.1) is 0 Å². The zero-order chi connectivity index (χ0) is 18.9. The van der Waals surface area contributed by atoms with E-state index in [1.54, 1.807) is 36.0 Å². The maximum atomic E-state index is 13.6. The molecule has 3 amide bonds. The predicted molar refractivity (Wildman–Crippen MR) is 93.5 cm³/mol. The van der Waals surface area contributed by atoms with Gasteiger partial charge in [-0.2, -0.15) is 0 Å². The third kappa shape index (κ3) is 3.77. The molecule has 1 aromatic carbocycles. The average molecular weight is 361 g/mol. The third-order valence-electron chi connectivity index (χ3n) is 5.40. The Morgan fingerprint density at radius 3 is 2.35 bits per heavy atom. The molecule has 2 heterocycles. The lowest BCUT2D eigenvalue weighted by Crippen LogP contribution is -2.52. The first-order chi connectivity index (χ1) is 12.3. The maximum absolute atomic E-state index is 13.6. The van der Waals surface area contributed by atoms with Crippen molar-refractivity contribution < 1.29 is 18.8 Å². The summed E-state index contributed by atoms with van der Waals surface area (Å²) in [6.45, 7) is 0.998. The van der Waals surface area contributed by atoms with Crippen LogP contribution in [0.1, 0.15) is 37.3 Å². The van der Waals surface area contributed by atoms with Crippen molar-refractivity contribution in [1.29, 1.82) is 0 Å². The molecule has 2 fully saturated rings. The monoisotopic (exact) mass is 361 g/mol. The highest BCUT2D eigenvalue weighted by molar-refractivity contribution is 5.98. The molecule has 2 aliphatic heterocycles. The molecular weight excluding hydrogens is 337 g/mol. The van der Waals surface area contributed by atoms with Gasteiger partial charge in [-0.05, 0) is 50.0 Å². The third-order valence-corrected chi connectivity index (χ3v) is 5.40. The van der Waals surface area contributed by atoms with E-state index in [0.29, 0.717) is 44.3 Å². The van der Waals surface area contributed by atoms with E-state index in [1.807, 2.05) is 0 Å². The lowest BCUT2D eigenvalue weighted by Gasteiger charge is -2.44. The average Bonchev–Trinajstić information content (AvgIpc) is 2.54. The van der Waals surface area contributed by atoms with E-state index in [9.17, 15) is 18.8 Å². The van der Waals surface area contributed by atoms with Gasteiger partial charge >= 0.3 is 0 Å². The minimum Gasteiger partial charge on any atom is -0.341 e. The Labute approximate surface area is 152 Å². The molecule has 0 aliphatic carbocycles. The molecule has 6 nitrogen and oxygen atoms in total. The Hall–Kier alpha value is -2.28. The molecule has 1 unspecified atom stereocenters. The summed E-state index contributed by atoms with van der Waals surface area (Å²) in [5, 5.41) is 2.34. The second-order valence-corrected chi connectivity index (χ2v) is 7.57. The van der Waals surface area contributed by atoms with Crippen molar-refractivity contribution in [1.82, 2.24) is 15.1 Å². The smallest absolute Gasteiger partial charge is 0.244 e. The van der Waals surface area contributed by atoms with Gasteiger partial charge in [0, 0.05) is 25.9 Å². The summed E-state index contributed by atoms with van der Waals surface area (Å²) in [7, 11) is 3.59. The van der Waals surface area contributed by atoms with Crippen LogP contribution in [0.4, 0.5) is 4.39 Å². The molecule has 1 aromatic rings. The molecule has 0 bridgehead atoms. The molecule has 140 valence electrons. The molecule has 2 aliphatic rings. The van der Waals surface area contributed by atoms with Gasteiger partial charge in [-0.25, -0.2) is 4.39 Å². The molecule has 7 heteroatoms.